The van der Waals surface area contributed by atoms with E-state index in [1.807, 2.05) is 20.8 Å². The number of sulfone groups is 1. The third-order valence-corrected chi connectivity index (χ3v) is 5.81. The molecule has 122 valence electrons. The van der Waals surface area contributed by atoms with Crippen LogP contribution in [0.4, 0.5) is 4.79 Å². The first-order valence-electron chi connectivity index (χ1n) is 7.32. The van der Waals surface area contributed by atoms with Crippen LogP contribution >= 0.6 is 0 Å². The maximum absolute atomic E-state index is 12.1. The van der Waals surface area contributed by atoms with E-state index in [0.717, 1.165) is 0 Å². The molecule has 0 saturated carbocycles. The first-order chi connectivity index (χ1) is 9.52. The molecule has 2 aliphatic rings. The minimum absolute atomic E-state index is 0.0549. The summed E-state index contributed by atoms with van der Waals surface area (Å²) >= 11 is 0. The van der Waals surface area contributed by atoms with Crippen molar-refractivity contribution in [3.05, 3.63) is 0 Å². The molecule has 2 rings (SSSR count). The number of hydrogen-bond donors (Lipinski definition) is 0. The van der Waals surface area contributed by atoms with Crippen molar-refractivity contribution in [2.75, 3.05) is 25.2 Å². The number of nitrogens with zero attached hydrogens (tertiary/aromatic N) is 1. The SMILES string of the molecule is CN(C(=O)OC(C)(C)C)C1COC2(CCS(=O)(=O)CC2)C1. The van der Waals surface area contributed by atoms with Crippen molar-refractivity contribution in [3.63, 3.8) is 0 Å². The van der Waals surface area contributed by atoms with Gasteiger partial charge in [-0.05, 0) is 40.0 Å². The molecule has 1 amide bonds. The molecule has 0 aromatic rings. The van der Waals surface area contributed by atoms with Crippen LogP contribution in [-0.2, 0) is 19.3 Å². The summed E-state index contributed by atoms with van der Waals surface area (Å²) < 4.78 is 34.3. The molecule has 0 aromatic heterocycles. The first kappa shape index (κ1) is 16.5. The molecule has 6 nitrogen and oxygen atoms in total. The van der Waals surface area contributed by atoms with Gasteiger partial charge in [-0.15, -0.1) is 0 Å². The van der Waals surface area contributed by atoms with E-state index in [1.54, 1.807) is 11.9 Å². The molecule has 0 N–H and O–H groups in total. The Balaban J connectivity index is 1.95. The Morgan fingerprint density at radius 2 is 1.86 bits per heavy atom. The van der Waals surface area contributed by atoms with Gasteiger partial charge in [0.15, 0.2) is 9.84 Å². The quantitative estimate of drug-likeness (QED) is 0.734. The third kappa shape index (κ3) is 4.10. The number of rotatable bonds is 1. The molecule has 2 heterocycles. The molecular formula is C14H25NO5S. The zero-order chi connectivity index (χ0) is 15.9. The Labute approximate surface area is 126 Å². The van der Waals surface area contributed by atoms with Crippen molar-refractivity contribution < 1.29 is 22.7 Å². The number of carbonyl (C=O) groups excluding carboxylic acids is 1. The average Bonchev–Trinajstić information content (AvgIpc) is 2.75. The minimum atomic E-state index is -2.91. The maximum atomic E-state index is 12.1. The van der Waals surface area contributed by atoms with Gasteiger partial charge in [0.25, 0.3) is 0 Å². The molecule has 2 aliphatic heterocycles. The summed E-state index contributed by atoms with van der Waals surface area (Å²) in [6.07, 6.45) is 1.36. The minimum Gasteiger partial charge on any atom is -0.444 e. The van der Waals surface area contributed by atoms with Crippen LogP contribution in [-0.4, -0.2) is 61.8 Å². The molecule has 1 atom stereocenters. The number of ether oxygens (including phenoxy) is 2. The van der Waals surface area contributed by atoms with Crippen LogP contribution in [0.5, 0.6) is 0 Å². The Morgan fingerprint density at radius 1 is 1.29 bits per heavy atom. The molecule has 1 unspecified atom stereocenters. The molecule has 2 saturated heterocycles. The van der Waals surface area contributed by atoms with Gasteiger partial charge in [0.1, 0.15) is 5.60 Å². The highest BCUT2D eigenvalue weighted by Crippen LogP contribution is 2.38. The molecule has 7 heteroatoms. The number of hydrogen-bond acceptors (Lipinski definition) is 5. The highest BCUT2D eigenvalue weighted by Gasteiger charge is 2.46. The van der Waals surface area contributed by atoms with Gasteiger partial charge in [0.2, 0.25) is 0 Å². The summed E-state index contributed by atoms with van der Waals surface area (Å²) in [5.41, 5.74) is -0.909. The fourth-order valence-electron chi connectivity index (χ4n) is 2.81. The predicted octanol–water partition coefficient (Wildman–Crippen LogP) is 1.59. The molecule has 0 aliphatic carbocycles. The Morgan fingerprint density at radius 3 is 2.38 bits per heavy atom. The Bertz CT molecular complexity index is 494. The standard InChI is InChI=1S/C14H25NO5S/c1-13(2,3)20-12(16)15(4)11-9-14(19-10-11)5-7-21(17,18)8-6-14/h11H,5-10H2,1-4H3. The van der Waals surface area contributed by atoms with Crippen LogP contribution in [0.15, 0.2) is 0 Å². The van der Waals surface area contributed by atoms with Crippen LogP contribution in [0.3, 0.4) is 0 Å². The smallest absolute Gasteiger partial charge is 0.410 e. The van der Waals surface area contributed by atoms with Gasteiger partial charge in [-0.1, -0.05) is 0 Å². The van der Waals surface area contributed by atoms with Gasteiger partial charge in [0, 0.05) is 7.05 Å². The lowest BCUT2D eigenvalue weighted by molar-refractivity contribution is -0.00626. The second kappa shape index (κ2) is 5.43. The molecule has 2 fully saturated rings. The van der Waals surface area contributed by atoms with Crippen LogP contribution in [0.25, 0.3) is 0 Å². The normalized spacial score (nSPS) is 27.5. The van der Waals surface area contributed by atoms with Crippen LogP contribution < -0.4 is 0 Å². The number of amides is 1. The highest BCUT2D eigenvalue weighted by molar-refractivity contribution is 7.91. The monoisotopic (exact) mass is 319 g/mol. The average molecular weight is 319 g/mol. The van der Waals surface area contributed by atoms with Gasteiger partial charge in [-0.3, -0.25) is 0 Å². The molecule has 0 radical (unpaired) electrons. The second-order valence-electron chi connectivity index (χ2n) is 7.10. The topological polar surface area (TPSA) is 72.9 Å². The second-order valence-corrected chi connectivity index (χ2v) is 9.40. The van der Waals surface area contributed by atoms with E-state index in [4.69, 9.17) is 9.47 Å². The summed E-state index contributed by atoms with van der Waals surface area (Å²) in [5.74, 6) is 0.353. The van der Waals surface area contributed by atoms with E-state index in [2.05, 4.69) is 0 Å². The van der Waals surface area contributed by atoms with E-state index in [9.17, 15) is 13.2 Å². The molecule has 21 heavy (non-hydrogen) atoms. The fraction of sp³-hybridized carbons (Fsp3) is 0.929. The highest BCUT2D eigenvalue weighted by atomic mass is 32.2. The van der Waals surface area contributed by atoms with E-state index in [-0.39, 0.29) is 29.2 Å². The van der Waals surface area contributed by atoms with Crippen molar-refractivity contribution in [3.8, 4) is 0 Å². The van der Waals surface area contributed by atoms with Crippen molar-refractivity contribution in [1.82, 2.24) is 4.90 Å². The fourth-order valence-corrected chi connectivity index (χ4v) is 4.38. The van der Waals surface area contributed by atoms with Gasteiger partial charge in [-0.2, -0.15) is 0 Å². The Hall–Kier alpha value is -0.820. The lowest BCUT2D eigenvalue weighted by Crippen LogP contribution is -2.43. The van der Waals surface area contributed by atoms with Crippen LogP contribution in [0, 0.1) is 0 Å². The summed E-state index contributed by atoms with van der Waals surface area (Å²) in [5, 5.41) is 0. The van der Waals surface area contributed by atoms with E-state index in [0.29, 0.717) is 25.9 Å². The summed E-state index contributed by atoms with van der Waals surface area (Å²) in [6.45, 7) is 5.93. The molecule has 0 bridgehead atoms. The summed E-state index contributed by atoms with van der Waals surface area (Å²) in [7, 11) is -1.20. The van der Waals surface area contributed by atoms with Gasteiger partial charge >= 0.3 is 6.09 Å². The van der Waals surface area contributed by atoms with Crippen molar-refractivity contribution in [2.24, 2.45) is 0 Å². The molecule has 0 aromatic carbocycles. The third-order valence-electron chi connectivity index (χ3n) is 4.16. The van der Waals surface area contributed by atoms with Crippen molar-refractivity contribution in [1.29, 1.82) is 0 Å². The van der Waals surface area contributed by atoms with Gasteiger partial charge in [-0.25, -0.2) is 13.2 Å². The van der Waals surface area contributed by atoms with E-state index >= 15 is 0 Å². The zero-order valence-corrected chi connectivity index (χ0v) is 14.0. The largest absolute Gasteiger partial charge is 0.444 e. The number of likely N-dealkylation sites (N-methyl/N-ethyl adjacent to an activating group) is 1. The zero-order valence-electron chi connectivity index (χ0n) is 13.2. The van der Waals surface area contributed by atoms with Gasteiger partial charge in [0.05, 0.1) is 29.8 Å². The lowest BCUT2D eigenvalue weighted by atomic mass is 9.91. The van der Waals surface area contributed by atoms with Crippen molar-refractivity contribution in [2.45, 2.75) is 57.3 Å². The predicted molar refractivity (Wildman–Crippen MR) is 79.0 cm³/mol. The van der Waals surface area contributed by atoms with Gasteiger partial charge < -0.3 is 14.4 Å². The van der Waals surface area contributed by atoms with E-state index in [1.165, 1.54) is 0 Å². The molecule has 1 spiro atoms. The van der Waals surface area contributed by atoms with E-state index < -0.39 is 15.4 Å². The van der Waals surface area contributed by atoms with Crippen LogP contribution in [0.1, 0.15) is 40.0 Å². The lowest BCUT2D eigenvalue weighted by Gasteiger charge is -2.33. The number of carbonyl (C=O) groups is 1. The summed E-state index contributed by atoms with van der Waals surface area (Å²) in [4.78, 5) is 13.6. The Kier molecular flexibility index (Phi) is 4.28. The van der Waals surface area contributed by atoms with Crippen LogP contribution in [0.2, 0.25) is 0 Å². The maximum Gasteiger partial charge on any atom is 0.410 e. The summed E-state index contributed by atoms with van der Waals surface area (Å²) in [6, 6.07) is -0.0549. The van der Waals surface area contributed by atoms with Crippen molar-refractivity contribution >= 4 is 15.9 Å². The first-order valence-corrected chi connectivity index (χ1v) is 9.14. The molecular weight excluding hydrogens is 294 g/mol.